The number of nitrogens with one attached hydrogen (secondary N) is 2. The molecule has 7 heteroatoms. The molecule has 1 amide bonds. The fourth-order valence-corrected chi connectivity index (χ4v) is 4.03. The lowest BCUT2D eigenvalue weighted by Gasteiger charge is -2.08. The van der Waals surface area contributed by atoms with Gasteiger partial charge in [0.25, 0.3) is 5.91 Å². The van der Waals surface area contributed by atoms with Gasteiger partial charge in [-0.2, -0.15) is 5.10 Å². The van der Waals surface area contributed by atoms with Crippen LogP contribution in [0.15, 0.2) is 67.0 Å². The van der Waals surface area contributed by atoms with Crippen LogP contribution in [0.5, 0.6) is 0 Å². The predicted molar refractivity (Wildman–Crippen MR) is 120 cm³/mol. The Hall–Kier alpha value is -4.26. The number of rotatable bonds is 3. The number of amides is 1. The van der Waals surface area contributed by atoms with E-state index in [1.54, 1.807) is 6.20 Å². The summed E-state index contributed by atoms with van der Waals surface area (Å²) in [5.74, 6) is 0.444. The monoisotopic (exact) mass is 406 g/mol. The standard InChI is InChI=1S/C24H18N6O/c1-30-22-7-5-14(8-18(22)13-27-30)15-2-3-17-12-26-24(29-21(17)9-15)28-19-6-4-16-11-25-23(31)20(16)10-19/h2-10,12-13H,11H2,1H3,(H,25,31)(H,26,28,29). The number of carbonyl (C=O) groups excluding carboxylic acids is 1. The molecule has 150 valence electrons. The quantitative estimate of drug-likeness (QED) is 0.470. The van der Waals surface area contributed by atoms with E-state index in [1.807, 2.05) is 42.2 Å². The van der Waals surface area contributed by atoms with Gasteiger partial charge in [0.15, 0.2) is 0 Å². The van der Waals surface area contributed by atoms with Gasteiger partial charge in [-0.05, 0) is 47.0 Å². The maximum absolute atomic E-state index is 11.9. The molecule has 0 aliphatic carbocycles. The molecule has 31 heavy (non-hydrogen) atoms. The van der Waals surface area contributed by atoms with Crippen molar-refractivity contribution >= 4 is 39.3 Å². The van der Waals surface area contributed by atoms with Gasteiger partial charge in [-0.3, -0.25) is 9.48 Å². The molecule has 3 heterocycles. The van der Waals surface area contributed by atoms with Crippen LogP contribution in [0.4, 0.5) is 11.6 Å². The average molecular weight is 406 g/mol. The van der Waals surface area contributed by atoms with E-state index in [0.717, 1.165) is 44.2 Å². The molecule has 0 saturated heterocycles. The van der Waals surface area contributed by atoms with Gasteiger partial charge < -0.3 is 10.6 Å². The summed E-state index contributed by atoms with van der Waals surface area (Å²) in [6, 6.07) is 18.2. The van der Waals surface area contributed by atoms with Gasteiger partial charge >= 0.3 is 0 Å². The van der Waals surface area contributed by atoms with Gasteiger partial charge in [0, 0.05) is 41.8 Å². The molecule has 0 atom stereocenters. The Morgan fingerprint density at radius 3 is 2.77 bits per heavy atom. The second-order valence-corrected chi connectivity index (χ2v) is 7.69. The molecule has 1 aliphatic heterocycles. The highest BCUT2D eigenvalue weighted by molar-refractivity contribution is 5.99. The van der Waals surface area contributed by atoms with Crippen molar-refractivity contribution in [2.45, 2.75) is 6.54 Å². The first-order valence-corrected chi connectivity index (χ1v) is 10.0. The summed E-state index contributed by atoms with van der Waals surface area (Å²) in [5.41, 5.74) is 6.62. The second kappa shape index (κ2) is 6.63. The van der Waals surface area contributed by atoms with Crippen molar-refractivity contribution in [3.05, 3.63) is 78.1 Å². The van der Waals surface area contributed by atoms with Crippen molar-refractivity contribution in [1.82, 2.24) is 25.1 Å². The highest BCUT2D eigenvalue weighted by atomic mass is 16.1. The summed E-state index contributed by atoms with van der Waals surface area (Å²) in [6.45, 7) is 0.578. The molecule has 2 aromatic heterocycles. The van der Waals surface area contributed by atoms with Crippen molar-refractivity contribution in [2.24, 2.45) is 7.05 Å². The Morgan fingerprint density at radius 2 is 1.84 bits per heavy atom. The summed E-state index contributed by atoms with van der Waals surface area (Å²) in [7, 11) is 1.94. The van der Waals surface area contributed by atoms with Crippen molar-refractivity contribution in [1.29, 1.82) is 0 Å². The fourth-order valence-electron chi connectivity index (χ4n) is 4.03. The number of nitrogens with zero attached hydrogens (tertiary/aromatic N) is 4. The van der Waals surface area contributed by atoms with Crippen LogP contribution in [0, 0.1) is 0 Å². The normalized spacial score (nSPS) is 12.9. The molecule has 3 aromatic carbocycles. The molecule has 0 fully saturated rings. The number of aryl methyl sites for hydroxylation is 1. The third-order valence-corrected chi connectivity index (χ3v) is 5.71. The molecule has 1 aliphatic rings. The zero-order chi connectivity index (χ0) is 20.9. The van der Waals surface area contributed by atoms with Crippen molar-refractivity contribution < 1.29 is 4.79 Å². The summed E-state index contributed by atoms with van der Waals surface area (Å²) in [5, 5.41) is 12.4. The molecule has 0 saturated carbocycles. The van der Waals surface area contributed by atoms with Crippen LogP contribution in [0.3, 0.4) is 0 Å². The molecule has 2 N–H and O–H groups in total. The van der Waals surface area contributed by atoms with Crippen molar-refractivity contribution in [3.8, 4) is 11.1 Å². The van der Waals surface area contributed by atoms with Crippen LogP contribution in [0.2, 0.25) is 0 Å². The largest absolute Gasteiger partial charge is 0.348 e. The molecular formula is C24H18N6O. The molecule has 5 aromatic rings. The SMILES string of the molecule is Cn1ncc2cc(-c3ccc4cnc(Nc5ccc6c(c5)C(=O)NC6)nc4c3)ccc21. The third kappa shape index (κ3) is 2.98. The smallest absolute Gasteiger partial charge is 0.251 e. The molecule has 7 nitrogen and oxygen atoms in total. The van der Waals surface area contributed by atoms with E-state index in [4.69, 9.17) is 4.98 Å². The number of benzene rings is 3. The van der Waals surface area contributed by atoms with E-state index in [0.29, 0.717) is 18.1 Å². The minimum atomic E-state index is -0.0479. The maximum atomic E-state index is 11.9. The van der Waals surface area contributed by atoms with Gasteiger partial charge in [-0.15, -0.1) is 0 Å². The average Bonchev–Trinajstić information content (AvgIpc) is 3.35. The zero-order valence-corrected chi connectivity index (χ0v) is 16.8. The molecule has 0 unspecified atom stereocenters. The Morgan fingerprint density at radius 1 is 0.968 bits per heavy atom. The lowest BCUT2D eigenvalue weighted by molar-refractivity contribution is 0.0966. The first kappa shape index (κ1) is 17.6. The Labute approximate surface area is 177 Å². The van der Waals surface area contributed by atoms with Crippen molar-refractivity contribution in [2.75, 3.05) is 5.32 Å². The number of fused-ring (bicyclic) bond motifs is 3. The maximum Gasteiger partial charge on any atom is 0.251 e. The van der Waals surface area contributed by atoms with Crippen LogP contribution in [0.1, 0.15) is 15.9 Å². The van der Waals surface area contributed by atoms with E-state index >= 15 is 0 Å². The molecule has 0 radical (unpaired) electrons. The van der Waals surface area contributed by atoms with E-state index in [2.05, 4.69) is 51.0 Å². The predicted octanol–water partition coefficient (Wildman–Crippen LogP) is 4.17. The van der Waals surface area contributed by atoms with Gasteiger partial charge in [-0.1, -0.05) is 24.3 Å². The first-order valence-electron chi connectivity index (χ1n) is 10.0. The van der Waals surface area contributed by atoms with Gasteiger partial charge in [0.1, 0.15) is 0 Å². The number of carbonyl (C=O) groups is 1. The molecule has 6 rings (SSSR count). The number of aromatic nitrogens is 4. The fraction of sp³-hybridized carbons (Fsp3) is 0.0833. The number of hydrogen-bond donors (Lipinski definition) is 2. The Bertz CT molecular complexity index is 1500. The summed E-state index contributed by atoms with van der Waals surface area (Å²) in [6.07, 6.45) is 3.68. The van der Waals surface area contributed by atoms with Gasteiger partial charge in [-0.25, -0.2) is 9.97 Å². The lowest BCUT2D eigenvalue weighted by atomic mass is 10.0. The summed E-state index contributed by atoms with van der Waals surface area (Å²) in [4.78, 5) is 21.0. The second-order valence-electron chi connectivity index (χ2n) is 7.69. The van der Waals surface area contributed by atoms with E-state index in [1.165, 1.54) is 0 Å². The van der Waals surface area contributed by atoms with E-state index in [9.17, 15) is 4.79 Å². The minimum absolute atomic E-state index is 0.0479. The third-order valence-electron chi connectivity index (χ3n) is 5.71. The highest BCUT2D eigenvalue weighted by Crippen LogP contribution is 2.28. The van der Waals surface area contributed by atoms with Crippen LogP contribution < -0.4 is 10.6 Å². The topological polar surface area (TPSA) is 84.7 Å². The molecule has 0 bridgehead atoms. The Balaban J connectivity index is 1.35. The van der Waals surface area contributed by atoms with Gasteiger partial charge in [0.2, 0.25) is 5.95 Å². The van der Waals surface area contributed by atoms with E-state index in [-0.39, 0.29) is 5.91 Å². The number of anilines is 2. The van der Waals surface area contributed by atoms with Crippen molar-refractivity contribution in [3.63, 3.8) is 0 Å². The van der Waals surface area contributed by atoms with Crippen LogP contribution in [0.25, 0.3) is 32.9 Å². The van der Waals surface area contributed by atoms with Gasteiger partial charge in [0.05, 0.1) is 17.2 Å². The molecule has 0 spiro atoms. The molecular weight excluding hydrogens is 388 g/mol. The first-order chi connectivity index (χ1) is 15.1. The van der Waals surface area contributed by atoms with Crippen LogP contribution in [-0.4, -0.2) is 25.7 Å². The highest BCUT2D eigenvalue weighted by Gasteiger charge is 2.18. The summed E-state index contributed by atoms with van der Waals surface area (Å²) < 4.78 is 1.87. The minimum Gasteiger partial charge on any atom is -0.348 e. The van der Waals surface area contributed by atoms with E-state index < -0.39 is 0 Å². The number of hydrogen-bond acceptors (Lipinski definition) is 5. The van der Waals surface area contributed by atoms with Crippen LogP contribution in [-0.2, 0) is 13.6 Å². The Kier molecular flexibility index (Phi) is 3.76. The zero-order valence-electron chi connectivity index (χ0n) is 16.8. The lowest BCUT2D eigenvalue weighted by Crippen LogP contribution is -2.12. The summed E-state index contributed by atoms with van der Waals surface area (Å²) >= 11 is 0. The van der Waals surface area contributed by atoms with Crippen LogP contribution >= 0.6 is 0 Å².